The molecule has 0 aromatic carbocycles. The molecule has 0 unspecified atom stereocenters. The quantitative estimate of drug-likeness (QED) is 0.578. The number of methoxy groups -OCH3 is 1. The van der Waals surface area contributed by atoms with Gasteiger partial charge in [-0.25, -0.2) is 4.79 Å². The third-order valence-electron chi connectivity index (χ3n) is 3.86. The van der Waals surface area contributed by atoms with E-state index in [9.17, 15) is 9.59 Å². The minimum atomic E-state index is -0.596. The molecule has 0 aliphatic carbocycles. The first kappa shape index (κ1) is 18.8. The number of hydrogen-bond donors (Lipinski definition) is 0. The van der Waals surface area contributed by atoms with E-state index in [4.69, 9.17) is 21.4 Å². The number of carbonyl (C=O) groups excluding carboxylic acids is 2. The van der Waals surface area contributed by atoms with Gasteiger partial charge in [-0.1, -0.05) is 30.9 Å². The lowest BCUT2D eigenvalue weighted by atomic mass is 10.00. The lowest BCUT2D eigenvalue weighted by molar-refractivity contribution is -0.141. The Balaban J connectivity index is 1.73. The van der Waals surface area contributed by atoms with Crippen molar-refractivity contribution in [3.8, 4) is 0 Å². The van der Waals surface area contributed by atoms with Gasteiger partial charge in [0.2, 0.25) is 5.76 Å². The van der Waals surface area contributed by atoms with E-state index in [-0.39, 0.29) is 24.1 Å². The lowest BCUT2D eigenvalue weighted by Crippen LogP contribution is -2.35. The summed E-state index contributed by atoms with van der Waals surface area (Å²) in [5.41, 5.74) is 0.479. The number of ether oxygens (including phenoxy) is 2. The van der Waals surface area contributed by atoms with Crippen molar-refractivity contribution >= 4 is 40.2 Å². The molecule has 0 bridgehead atoms. The molecular formula is C16H21NO5S2. The lowest BCUT2D eigenvalue weighted by Gasteiger charge is -2.31. The summed E-state index contributed by atoms with van der Waals surface area (Å²) in [6, 6.07) is 1.58. The molecule has 0 amide bonds. The summed E-state index contributed by atoms with van der Waals surface area (Å²) >= 11 is 6.68. The number of furan rings is 1. The van der Waals surface area contributed by atoms with Gasteiger partial charge in [-0.2, -0.15) is 0 Å². The molecule has 1 aliphatic heterocycles. The molecule has 1 saturated heterocycles. The Labute approximate surface area is 150 Å². The number of thiocarbonyl (C=S) groups is 1. The number of esters is 2. The van der Waals surface area contributed by atoms with Crippen LogP contribution in [-0.2, 0) is 20.9 Å². The zero-order valence-electron chi connectivity index (χ0n) is 13.8. The van der Waals surface area contributed by atoms with Crippen LogP contribution >= 0.6 is 24.0 Å². The van der Waals surface area contributed by atoms with Gasteiger partial charge in [-0.15, -0.1) is 0 Å². The Hall–Kier alpha value is -1.54. The monoisotopic (exact) mass is 371 g/mol. The molecule has 0 saturated carbocycles. The van der Waals surface area contributed by atoms with E-state index >= 15 is 0 Å². The van der Waals surface area contributed by atoms with Crippen LogP contribution in [-0.4, -0.2) is 47.1 Å². The van der Waals surface area contributed by atoms with Crippen molar-refractivity contribution in [2.24, 2.45) is 5.92 Å². The Morgan fingerprint density at radius 1 is 1.42 bits per heavy atom. The van der Waals surface area contributed by atoms with Crippen molar-refractivity contribution in [1.82, 2.24) is 4.90 Å². The molecule has 6 nitrogen and oxygen atoms in total. The number of carbonyl (C=O) groups is 2. The first-order valence-corrected chi connectivity index (χ1v) is 9.12. The molecule has 8 heteroatoms. The van der Waals surface area contributed by atoms with Gasteiger partial charge in [0, 0.05) is 18.7 Å². The molecule has 1 fully saturated rings. The molecule has 132 valence electrons. The summed E-state index contributed by atoms with van der Waals surface area (Å²) in [7, 11) is 1.26. The maximum Gasteiger partial charge on any atom is 0.374 e. The highest BCUT2D eigenvalue weighted by atomic mass is 32.2. The average Bonchev–Trinajstić information content (AvgIpc) is 3.06. The largest absolute Gasteiger partial charge is 0.463 e. The van der Waals surface area contributed by atoms with Gasteiger partial charge in [0.25, 0.3) is 0 Å². The molecular weight excluding hydrogens is 350 g/mol. The SMILES string of the molecule is COC(=O)c1occc1COC(=O)CSC(=S)N1CCC(C)CC1. The summed E-state index contributed by atoms with van der Waals surface area (Å²) in [4.78, 5) is 25.5. The number of rotatable bonds is 5. The minimum Gasteiger partial charge on any atom is -0.463 e. The Bertz CT molecular complexity index is 593. The fourth-order valence-corrected chi connectivity index (χ4v) is 3.37. The Morgan fingerprint density at radius 3 is 2.79 bits per heavy atom. The van der Waals surface area contributed by atoms with Crippen molar-refractivity contribution in [3.05, 3.63) is 23.7 Å². The Morgan fingerprint density at radius 2 is 2.12 bits per heavy atom. The standard InChI is InChI=1S/C16H21NO5S2/c1-11-3-6-17(7-4-11)16(23)24-10-13(18)22-9-12-5-8-21-14(12)15(19)20-2/h5,8,11H,3-4,6-7,9-10H2,1-2H3. The predicted molar refractivity (Wildman–Crippen MR) is 94.9 cm³/mol. The molecule has 0 spiro atoms. The zero-order valence-corrected chi connectivity index (χ0v) is 15.4. The van der Waals surface area contributed by atoms with E-state index in [1.807, 2.05) is 0 Å². The van der Waals surface area contributed by atoms with E-state index in [1.54, 1.807) is 6.07 Å². The van der Waals surface area contributed by atoms with Gasteiger partial charge in [-0.3, -0.25) is 4.79 Å². The van der Waals surface area contributed by atoms with Crippen LogP contribution in [0.4, 0.5) is 0 Å². The number of likely N-dealkylation sites (tertiary alicyclic amines) is 1. The second-order valence-corrected chi connectivity index (χ2v) is 7.26. The van der Waals surface area contributed by atoms with Gasteiger partial charge < -0.3 is 18.8 Å². The zero-order chi connectivity index (χ0) is 17.5. The first-order chi connectivity index (χ1) is 11.5. The van der Waals surface area contributed by atoms with E-state index in [2.05, 4.69) is 16.6 Å². The summed E-state index contributed by atoms with van der Waals surface area (Å²) < 4.78 is 15.5. The van der Waals surface area contributed by atoms with E-state index in [0.717, 1.165) is 36.2 Å². The fraction of sp³-hybridized carbons (Fsp3) is 0.562. The van der Waals surface area contributed by atoms with Crippen LogP contribution in [0.1, 0.15) is 35.9 Å². The molecule has 24 heavy (non-hydrogen) atoms. The van der Waals surface area contributed by atoms with Crippen molar-refractivity contribution in [2.75, 3.05) is 26.0 Å². The van der Waals surface area contributed by atoms with Crippen molar-refractivity contribution < 1.29 is 23.5 Å². The summed E-state index contributed by atoms with van der Waals surface area (Å²) in [5, 5.41) is 0. The predicted octanol–water partition coefficient (Wildman–Crippen LogP) is 2.86. The van der Waals surface area contributed by atoms with Crippen LogP contribution in [0, 0.1) is 5.92 Å². The van der Waals surface area contributed by atoms with E-state index in [1.165, 1.54) is 25.1 Å². The topological polar surface area (TPSA) is 69.0 Å². The minimum absolute atomic E-state index is 0.0334. The number of piperidine rings is 1. The number of nitrogens with zero attached hydrogens (tertiary/aromatic N) is 1. The third-order valence-corrected chi connectivity index (χ3v) is 5.36. The first-order valence-electron chi connectivity index (χ1n) is 7.73. The molecule has 0 radical (unpaired) electrons. The van der Waals surface area contributed by atoms with Crippen LogP contribution in [0.3, 0.4) is 0 Å². The summed E-state index contributed by atoms with van der Waals surface area (Å²) in [6.07, 6.45) is 3.61. The number of thioether (sulfide) groups is 1. The second kappa shape index (κ2) is 9.08. The maximum atomic E-state index is 11.9. The van der Waals surface area contributed by atoms with Gasteiger partial charge in [-0.05, 0) is 24.8 Å². The molecule has 2 heterocycles. The molecule has 1 aromatic heterocycles. The van der Waals surface area contributed by atoms with Crippen LogP contribution in [0.2, 0.25) is 0 Å². The molecule has 2 rings (SSSR count). The van der Waals surface area contributed by atoms with E-state index in [0.29, 0.717) is 5.56 Å². The van der Waals surface area contributed by atoms with Crippen molar-refractivity contribution in [2.45, 2.75) is 26.4 Å². The molecule has 0 N–H and O–H groups in total. The van der Waals surface area contributed by atoms with Gasteiger partial charge in [0.05, 0.1) is 19.1 Å². The molecule has 1 aromatic rings. The number of hydrogen-bond acceptors (Lipinski definition) is 7. The van der Waals surface area contributed by atoms with Crippen molar-refractivity contribution in [1.29, 1.82) is 0 Å². The van der Waals surface area contributed by atoms with Crippen LogP contribution in [0.15, 0.2) is 16.7 Å². The van der Waals surface area contributed by atoms with Gasteiger partial charge >= 0.3 is 11.9 Å². The smallest absolute Gasteiger partial charge is 0.374 e. The highest BCUT2D eigenvalue weighted by Crippen LogP contribution is 2.20. The van der Waals surface area contributed by atoms with Crippen molar-refractivity contribution in [3.63, 3.8) is 0 Å². The molecule has 0 atom stereocenters. The maximum absolute atomic E-state index is 11.9. The average molecular weight is 371 g/mol. The third kappa shape index (κ3) is 5.24. The highest BCUT2D eigenvalue weighted by molar-refractivity contribution is 8.23. The fourth-order valence-electron chi connectivity index (χ4n) is 2.32. The Kier molecular flexibility index (Phi) is 7.11. The van der Waals surface area contributed by atoms with E-state index < -0.39 is 5.97 Å². The van der Waals surface area contributed by atoms with Gasteiger partial charge in [0.15, 0.2) is 0 Å². The second-order valence-electron chi connectivity index (χ2n) is 5.65. The van der Waals surface area contributed by atoms with Crippen LogP contribution < -0.4 is 0 Å². The van der Waals surface area contributed by atoms with Gasteiger partial charge in [0.1, 0.15) is 10.9 Å². The molecule has 1 aliphatic rings. The highest BCUT2D eigenvalue weighted by Gasteiger charge is 2.20. The summed E-state index contributed by atoms with van der Waals surface area (Å²) in [5.74, 6) is -0.0457. The normalized spacial score (nSPS) is 15.2. The summed E-state index contributed by atoms with van der Waals surface area (Å²) in [6.45, 7) is 4.09. The van der Waals surface area contributed by atoms with Crippen LogP contribution in [0.5, 0.6) is 0 Å². The van der Waals surface area contributed by atoms with Crippen LogP contribution in [0.25, 0.3) is 0 Å².